The molecular weight excluding hydrogens is 436 g/mol. The number of hydrogen-bond donors (Lipinski definition) is 0. The summed E-state index contributed by atoms with van der Waals surface area (Å²) in [5, 5.41) is 14.5. The van der Waals surface area contributed by atoms with Gasteiger partial charge in [0.05, 0.1) is 25.0 Å². The van der Waals surface area contributed by atoms with Crippen LogP contribution in [0.5, 0.6) is 5.75 Å². The molecular formula is C22H19ClN4O3S. The van der Waals surface area contributed by atoms with E-state index in [0.717, 1.165) is 16.9 Å². The Labute approximate surface area is 188 Å². The number of carbonyl (C=O) groups excluding carboxylic acids is 1. The molecule has 1 aliphatic rings. The predicted octanol–water partition coefficient (Wildman–Crippen LogP) is 4.56. The summed E-state index contributed by atoms with van der Waals surface area (Å²) in [4.78, 5) is 12.7. The van der Waals surface area contributed by atoms with Gasteiger partial charge in [-0.05, 0) is 55.0 Å². The van der Waals surface area contributed by atoms with Gasteiger partial charge in [-0.1, -0.05) is 35.5 Å². The van der Waals surface area contributed by atoms with Gasteiger partial charge in [0.15, 0.2) is 5.82 Å². The molecule has 158 valence electrons. The van der Waals surface area contributed by atoms with Crippen molar-refractivity contribution in [1.29, 1.82) is 0 Å². The third-order valence-corrected chi connectivity index (χ3v) is 5.69. The van der Waals surface area contributed by atoms with E-state index >= 15 is 0 Å². The maximum absolute atomic E-state index is 12.7. The molecule has 0 N–H and O–H groups in total. The molecule has 9 heteroatoms. The molecule has 0 saturated carbocycles. The fourth-order valence-corrected chi connectivity index (χ4v) is 3.93. The van der Waals surface area contributed by atoms with Crippen LogP contribution in [-0.2, 0) is 9.53 Å². The van der Waals surface area contributed by atoms with Crippen LogP contribution in [0.3, 0.4) is 0 Å². The molecule has 2 aromatic carbocycles. The van der Waals surface area contributed by atoms with Crippen molar-refractivity contribution in [3.63, 3.8) is 0 Å². The molecule has 3 aromatic rings. The van der Waals surface area contributed by atoms with Crippen molar-refractivity contribution in [1.82, 2.24) is 14.9 Å². The average Bonchev–Trinajstić information content (AvgIpc) is 3.22. The monoisotopic (exact) mass is 454 g/mol. The van der Waals surface area contributed by atoms with Crippen LogP contribution in [0.4, 0.5) is 0 Å². The van der Waals surface area contributed by atoms with E-state index in [1.165, 1.54) is 11.8 Å². The van der Waals surface area contributed by atoms with Crippen LogP contribution in [0.25, 0.3) is 17.5 Å². The Morgan fingerprint density at radius 2 is 1.90 bits per heavy atom. The summed E-state index contributed by atoms with van der Waals surface area (Å²) in [7, 11) is 1.62. The summed E-state index contributed by atoms with van der Waals surface area (Å²) in [5.74, 6) is 1.37. The largest absolute Gasteiger partial charge is 0.497 e. The maximum atomic E-state index is 12.7. The molecule has 0 atom stereocenters. The Morgan fingerprint density at radius 1 is 1.16 bits per heavy atom. The topological polar surface area (TPSA) is 78.6 Å². The Bertz CT molecular complexity index is 1150. The van der Waals surface area contributed by atoms with Crippen LogP contribution in [0.1, 0.15) is 12.5 Å². The second-order valence-electron chi connectivity index (χ2n) is 6.51. The van der Waals surface area contributed by atoms with Gasteiger partial charge in [-0.15, -0.1) is 10.2 Å². The number of esters is 1. The Kier molecular flexibility index (Phi) is 6.39. The Balaban J connectivity index is 1.75. The van der Waals surface area contributed by atoms with E-state index in [0.29, 0.717) is 33.0 Å². The number of nitrogens with zero attached hydrogens (tertiary/aromatic N) is 4. The molecule has 7 nitrogen and oxygen atoms in total. The van der Waals surface area contributed by atoms with Crippen molar-refractivity contribution in [2.75, 3.05) is 19.5 Å². The second-order valence-corrected chi connectivity index (χ2v) is 7.89. The molecule has 1 aromatic heterocycles. The Morgan fingerprint density at radius 3 is 2.58 bits per heavy atom. The van der Waals surface area contributed by atoms with Crippen molar-refractivity contribution in [3.05, 3.63) is 64.7 Å². The molecule has 2 heterocycles. The summed E-state index contributed by atoms with van der Waals surface area (Å²) in [6.07, 6.45) is 1.76. The minimum absolute atomic E-state index is 0.270. The minimum Gasteiger partial charge on any atom is -0.497 e. The average molecular weight is 455 g/mol. The minimum atomic E-state index is -0.431. The van der Waals surface area contributed by atoms with Crippen molar-refractivity contribution in [2.45, 2.75) is 12.1 Å². The fraction of sp³-hybridized carbons (Fsp3) is 0.182. The number of benzene rings is 2. The quantitative estimate of drug-likeness (QED) is 0.401. The van der Waals surface area contributed by atoms with Gasteiger partial charge in [0, 0.05) is 16.3 Å². The molecule has 0 radical (unpaired) electrons. The van der Waals surface area contributed by atoms with Gasteiger partial charge in [-0.3, -0.25) is 0 Å². The van der Waals surface area contributed by atoms with Gasteiger partial charge in [-0.2, -0.15) is 9.78 Å². The molecule has 0 spiro atoms. The second kappa shape index (κ2) is 9.36. The molecule has 0 amide bonds. The lowest BCUT2D eigenvalue weighted by Gasteiger charge is -2.16. The fourth-order valence-electron chi connectivity index (χ4n) is 2.97. The lowest BCUT2D eigenvalue weighted by atomic mass is 10.1. The lowest BCUT2D eigenvalue weighted by molar-refractivity contribution is -0.137. The summed E-state index contributed by atoms with van der Waals surface area (Å²) < 4.78 is 12.2. The number of halogens is 1. The van der Waals surface area contributed by atoms with Crippen LogP contribution in [0, 0.1) is 0 Å². The van der Waals surface area contributed by atoms with Crippen LogP contribution in [0.15, 0.2) is 64.4 Å². The smallest absolute Gasteiger partial charge is 0.340 e. The summed E-state index contributed by atoms with van der Waals surface area (Å²) >= 11 is 7.44. The number of hydrogen-bond acceptors (Lipinski definition) is 7. The van der Waals surface area contributed by atoms with Crippen LogP contribution >= 0.6 is 23.4 Å². The normalized spacial score (nSPS) is 13.4. The predicted molar refractivity (Wildman–Crippen MR) is 122 cm³/mol. The summed E-state index contributed by atoms with van der Waals surface area (Å²) in [6.45, 7) is 2.04. The highest BCUT2D eigenvalue weighted by molar-refractivity contribution is 7.99. The number of methoxy groups -OCH3 is 1. The van der Waals surface area contributed by atoms with E-state index < -0.39 is 5.97 Å². The standard InChI is InChI=1S/C22H19ClN4O3S/c1-3-30-21(28)18(12-14-4-8-16(23)9-5-14)19-13-31-22-25-24-20(27(22)26-19)15-6-10-17(29-2)11-7-15/h4-12H,3,13H2,1-2H3/b18-12+. The summed E-state index contributed by atoms with van der Waals surface area (Å²) in [5.41, 5.74) is 2.63. The number of rotatable bonds is 6. The molecule has 31 heavy (non-hydrogen) atoms. The third-order valence-electron chi connectivity index (χ3n) is 4.51. The SMILES string of the molecule is CCOC(=O)/C(=C/c1ccc(Cl)cc1)C1=Nn2c(nnc2-c2ccc(OC)cc2)SC1. The van der Waals surface area contributed by atoms with Gasteiger partial charge in [0.1, 0.15) is 5.75 Å². The molecule has 0 bridgehead atoms. The zero-order valence-electron chi connectivity index (χ0n) is 16.9. The van der Waals surface area contributed by atoms with Crippen molar-refractivity contribution in [3.8, 4) is 17.1 Å². The zero-order chi connectivity index (χ0) is 21.8. The van der Waals surface area contributed by atoms with Crippen molar-refractivity contribution < 1.29 is 14.3 Å². The first-order valence-corrected chi connectivity index (χ1v) is 10.9. The first-order chi connectivity index (χ1) is 15.1. The van der Waals surface area contributed by atoms with Gasteiger partial charge >= 0.3 is 5.97 Å². The number of aromatic nitrogens is 3. The van der Waals surface area contributed by atoms with Crippen LogP contribution in [-0.4, -0.2) is 46.0 Å². The highest BCUT2D eigenvalue weighted by Crippen LogP contribution is 2.30. The van der Waals surface area contributed by atoms with Crippen LogP contribution < -0.4 is 4.74 Å². The molecule has 4 rings (SSSR count). The third kappa shape index (κ3) is 4.65. The highest BCUT2D eigenvalue weighted by atomic mass is 35.5. The zero-order valence-corrected chi connectivity index (χ0v) is 18.5. The van der Waals surface area contributed by atoms with E-state index in [1.807, 2.05) is 36.4 Å². The van der Waals surface area contributed by atoms with E-state index in [1.54, 1.807) is 36.9 Å². The summed E-state index contributed by atoms with van der Waals surface area (Å²) in [6, 6.07) is 14.7. The molecule has 0 unspecified atom stereocenters. The van der Waals surface area contributed by atoms with Gasteiger partial charge in [0.2, 0.25) is 5.16 Å². The molecule has 0 saturated heterocycles. The highest BCUT2D eigenvalue weighted by Gasteiger charge is 2.25. The van der Waals surface area contributed by atoms with Crippen LogP contribution in [0.2, 0.25) is 5.02 Å². The Hall–Kier alpha value is -3.10. The number of carbonyl (C=O) groups is 1. The van der Waals surface area contributed by atoms with E-state index in [4.69, 9.17) is 26.2 Å². The molecule has 1 aliphatic heterocycles. The van der Waals surface area contributed by atoms with E-state index in [2.05, 4.69) is 10.2 Å². The van der Waals surface area contributed by atoms with Gasteiger partial charge in [-0.25, -0.2) is 4.79 Å². The number of ether oxygens (including phenoxy) is 2. The maximum Gasteiger partial charge on any atom is 0.340 e. The van der Waals surface area contributed by atoms with E-state index in [-0.39, 0.29) is 6.61 Å². The first-order valence-electron chi connectivity index (χ1n) is 9.54. The van der Waals surface area contributed by atoms with Crippen molar-refractivity contribution in [2.24, 2.45) is 5.10 Å². The number of thioether (sulfide) groups is 1. The first kappa shape index (κ1) is 21.1. The number of fused-ring (bicyclic) bond motifs is 1. The van der Waals surface area contributed by atoms with Gasteiger partial charge in [0.25, 0.3) is 0 Å². The van der Waals surface area contributed by atoms with E-state index in [9.17, 15) is 4.79 Å². The lowest BCUT2D eigenvalue weighted by Crippen LogP contribution is -2.21. The van der Waals surface area contributed by atoms with Crippen molar-refractivity contribution >= 4 is 41.1 Å². The molecule has 0 aliphatic carbocycles. The molecule has 0 fully saturated rings. The van der Waals surface area contributed by atoms with Gasteiger partial charge < -0.3 is 9.47 Å².